The summed E-state index contributed by atoms with van der Waals surface area (Å²) in [4.78, 5) is 0. The highest BCUT2D eigenvalue weighted by atomic mass is 31.1. The first-order chi connectivity index (χ1) is 1.91. The molecule has 0 rings (SSSR count). The second kappa shape index (κ2) is 3.56. The van der Waals surface area contributed by atoms with Gasteiger partial charge < -0.3 is 0 Å². The van der Waals surface area contributed by atoms with Crippen LogP contribution in [-0.4, -0.2) is 21.3 Å². The van der Waals surface area contributed by atoms with E-state index in [9.17, 15) is 0 Å². The molecular weight excluding hydrogens is 64.6 g/mol. The first kappa shape index (κ1) is 4.56. The van der Waals surface area contributed by atoms with Crippen LogP contribution in [0.1, 0.15) is 0 Å². The molecule has 0 radical (unpaired) electrons. The Balaban J connectivity index is 1.97. The average molecular weight is 71.7 g/mol. The minimum Gasteiger partial charge on any atom is -0.172 e. The topological polar surface area (TPSA) is 0 Å². The summed E-state index contributed by atoms with van der Waals surface area (Å²) in [6, 6.07) is 0. The van der Waals surface area contributed by atoms with Crippen LogP contribution in [-0.2, 0) is 0 Å². The minimum atomic E-state index is 1.14. The van der Waals surface area contributed by atoms with Gasteiger partial charge in [-0.2, -0.15) is 8.46 Å². The van der Waals surface area contributed by atoms with Crippen molar-refractivity contribution in [2.24, 2.45) is 0 Å². The van der Waals surface area contributed by atoms with Crippen LogP contribution in [0.25, 0.3) is 0 Å². The van der Waals surface area contributed by atoms with E-state index >= 15 is 0 Å². The Kier molecular flexibility index (Phi) is 4.06. The highest BCUT2D eigenvalue weighted by Crippen LogP contribution is 1.89. The van der Waals surface area contributed by atoms with E-state index in [0.29, 0.717) is 0 Å². The molecule has 0 amide bonds. The van der Waals surface area contributed by atoms with Crippen LogP contribution in [0, 0.1) is 0 Å². The van der Waals surface area contributed by atoms with Crippen molar-refractivity contribution in [1.82, 2.24) is 0 Å². The molecule has 0 fully saturated rings. The lowest BCUT2D eigenvalue weighted by Gasteiger charge is -1.65. The molecule has 0 nitrogen and oxygen atoms in total. The monoisotopic (exact) mass is 72.0 g/mol. The third-order valence-electron chi connectivity index (χ3n) is 0.354. The molecule has 0 aromatic rings. The van der Waals surface area contributed by atoms with Crippen molar-refractivity contribution in [2.75, 3.05) is 6.66 Å². The largest absolute Gasteiger partial charge is 0.172 e. The van der Waals surface area contributed by atoms with Gasteiger partial charge in [-0.3, -0.25) is 0 Å². The van der Waals surface area contributed by atoms with Crippen LogP contribution in [0.15, 0.2) is 0 Å². The maximum atomic E-state index is 2.21. The summed E-state index contributed by atoms with van der Waals surface area (Å²) in [5.74, 6) is 0. The summed E-state index contributed by atoms with van der Waals surface area (Å²) >= 11 is 0. The van der Waals surface area contributed by atoms with Crippen molar-refractivity contribution < 1.29 is 0 Å². The summed E-state index contributed by atoms with van der Waals surface area (Å²) in [5.41, 5.74) is 0. The highest BCUT2D eigenvalue weighted by Gasteiger charge is 1.61. The van der Waals surface area contributed by atoms with Crippen molar-refractivity contribution in [2.45, 2.75) is 0 Å². The second-order valence-corrected chi connectivity index (χ2v) is 2.12. The molecule has 22 valence electrons. The summed E-state index contributed by atoms with van der Waals surface area (Å²) < 4.78 is 0. The number of rotatable bonds is 1. The van der Waals surface area contributed by atoms with Crippen LogP contribution < -0.4 is 0 Å². The van der Waals surface area contributed by atoms with Gasteiger partial charge in [-0.15, -0.1) is 0 Å². The van der Waals surface area contributed by atoms with Crippen molar-refractivity contribution >= 4 is 23.1 Å². The average Bonchev–Trinajstić information content (AvgIpc) is 1.37. The maximum absolute atomic E-state index is 2.21. The minimum absolute atomic E-state index is 1.14. The zero-order valence-corrected chi connectivity index (χ0v) is 4.21. The Hall–Kier alpha value is 0.560. The Morgan fingerprint density at radius 3 is 2.25 bits per heavy atom. The molecule has 3 heteroatoms. The lowest BCUT2D eigenvalue weighted by atomic mass is 9.79. The fourth-order valence-corrected chi connectivity index (χ4v) is 0. The van der Waals surface area contributed by atoms with E-state index in [0.717, 1.165) is 8.46 Å². The highest BCUT2D eigenvalue weighted by molar-refractivity contribution is 7.78. The van der Waals surface area contributed by atoms with Gasteiger partial charge in [0.15, 0.2) is 0 Å². The Bertz CT molecular complexity index is 8.00. The Labute approximate surface area is 30.7 Å². The number of hydrogen-bond acceptors (Lipinski definition) is 0. The van der Waals surface area contributed by atoms with Gasteiger partial charge in [-0.25, -0.2) is 0 Å². The molecule has 0 N–H and O–H groups in total. The SMILES string of the molecule is BBPC. The molecule has 0 aliphatic heterocycles. The fourth-order valence-electron chi connectivity index (χ4n) is 0. The summed E-state index contributed by atoms with van der Waals surface area (Å²) in [7, 11) is 3.33. The van der Waals surface area contributed by atoms with Gasteiger partial charge in [0.25, 0.3) is 0 Å². The predicted molar refractivity (Wildman–Crippen MR) is 29.9 cm³/mol. The van der Waals surface area contributed by atoms with E-state index in [4.69, 9.17) is 0 Å². The number of hydrogen-bond donors (Lipinski definition) is 0. The van der Waals surface area contributed by atoms with Crippen LogP contribution in [0.2, 0.25) is 0 Å². The molecule has 0 aliphatic carbocycles. The van der Waals surface area contributed by atoms with E-state index in [1.54, 1.807) is 0 Å². The quantitative estimate of drug-likeness (QED) is 0.280. The molecule has 0 saturated carbocycles. The lowest BCUT2D eigenvalue weighted by molar-refractivity contribution is 2.51. The lowest BCUT2D eigenvalue weighted by Crippen LogP contribution is -1.68. The molecule has 0 bridgehead atoms. The van der Waals surface area contributed by atoms with Crippen LogP contribution in [0.3, 0.4) is 0 Å². The van der Waals surface area contributed by atoms with Gasteiger partial charge in [-0.1, -0.05) is 6.66 Å². The van der Waals surface area contributed by atoms with Crippen LogP contribution >= 0.6 is 8.46 Å². The second-order valence-electron chi connectivity index (χ2n) is 0.707. The van der Waals surface area contributed by atoms with E-state index in [1.165, 1.54) is 6.89 Å². The maximum Gasteiger partial charge on any atom is 0.109 e. The third-order valence-corrected chi connectivity index (χ3v) is 1.06. The van der Waals surface area contributed by atoms with E-state index in [1.807, 2.05) is 0 Å². The molecule has 1 unspecified atom stereocenters. The molecule has 0 aromatic heterocycles. The van der Waals surface area contributed by atoms with Crippen molar-refractivity contribution in [1.29, 1.82) is 0 Å². The first-order valence-electron chi connectivity index (χ1n) is 1.56. The third kappa shape index (κ3) is 2.56. The molecule has 1 atom stereocenters. The van der Waals surface area contributed by atoms with E-state index in [-0.39, 0.29) is 0 Å². The standard InChI is InChI=1S/CH7B2P/c1-4-3-2/h3-4H,2H2,1H3. The van der Waals surface area contributed by atoms with Crippen molar-refractivity contribution in [3.05, 3.63) is 0 Å². The molecule has 4 heavy (non-hydrogen) atoms. The summed E-state index contributed by atoms with van der Waals surface area (Å²) in [6.07, 6.45) is 0. The normalized spacial score (nSPS) is 9.25. The summed E-state index contributed by atoms with van der Waals surface area (Å²) in [5, 5.41) is 0. The van der Waals surface area contributed by atoms with Gasteiger partial charge in [-0.05, 0) is 0 Å². The van der Waals surface area contributed by atoms with E-state index in [2.05, 4.69) is 14.4 Å². The first-order valence-corrected chi connectivity index (χ1v) is 3.27. The molecule has 0 saturated heterocycles. The Morgan fingerprint density at radius 2 is 2.25 bits per heavy atom. The predicted octanol–water partition coefficient (Wildman–Crippen LogP) is -0.806. The molecule has 0 spiro atoms. The van der Waals surface area contributed by atoms with Crippen molar-refractivity contribution in [3.63, 3.8) is 0 Å². The molecular formula is CH7B2P. The zero-order valence-electron chi connectivity index (χ0n) is 3.21. The Morgan fingerprint density at radius 1 is 2.00 bits per heavy atom. The molecule has 0 aromatic carbocycles. The van der Waals surface area contributed by atoms with Gasteiger partial charge in [0.05, 0.1) is 7.74 Å². The van der Waals surface area contributed by atoms with E-state index < -0.39 is 0 Å². The van der Waals surface area contributed by atoms with Gasteiger partial charge in [0.2, 0.25) is 0 Å². The van der Waals surface area contributed by atoms with Crippen molar-refractivity contribution in [3.8, 4) is 0 Å². The zero-order chi connectivity index (χ0) is 3.41. The molecule has 0 aliphatic rings. The molecule has 0 heterocycles. The van der Waals surface area contributed by atoms with Gasteiger partial charge >= 0.3 is 0 Å². The van der Waals surface area contributed by atoms with Gasteiger partial charge in [0.1, 0.15) is 6.89 Å². The van der Waals surface area contributed by atoms with Crippen LogP contribution in [0.4, 0.5) is 0 Å². The fraction of sp³-hybridized carbons (Fsp3) is 1.00. The van der Waals surface area contributed by atoms with Gasteiger partial charge in [0, 0.05) is 0 Å². The smallest absolute Gasteiger partial charge is 0.109 e. The van der Waals surface area contributed by atoms with Crippen LogP contribution in [0.5, 0.6) is 0 Å². The summed E-state index contributed by atoms with van der Waals surface area (Å²) in [6.45, 7) is 3.56.